The molecule has 0 fully saturated rings. The second-order valence-electron chi connectivity index (χ2n) is 4.48. The lowest BCUT2D eigenvalue weighted by Crippen LogP contribution is -2.20. The van der Waals surface area contributed by atoms with Crippen LogP contribution < -0.4 is 0 Å². The van der Waals surface area contributed by atoms with Crippen LogP contribution in [-0.4, -0.2) is 16.0 Å². The summed E-state index contributed by atoms with van der Waals surface area (Å²) in [6.45, 7) is 2.08. The Hall–Kier alpha value is -1.77. The van der Waals surface area contributed by atoms with E-state index in [9.17, 15) is 4.79 Å². The first-order valence-electron chi connectivity index (χ1n) is 5.53. The maximum atomic E-state index is 12.0. The summed E-state index contributed by atoms with van der Waals surface area (Å²) >= 11 is 0. The maximum Gasteiger partial charge on any atom is 0.165 e. The number of carbonyl (C=O) groups excluding carboxylic acids is 1. The van der Waals surface area contributed by atoms with E-state index < -0.39 is 0 Å². The number of benzene rings is 1. The lowest BCUT2D eigenvalue weighted by Gasteiger charge is -2.19. The average molecular weight is 212 g/mol. The topological polar surface area (TPSA) is 42.9 Å². The highest BCUT2D eigenvalue weighted by Gasteiger charge is 2.25. The van der Waals surface area contributed by atoms with E-state index in [0.717, 1.165) is 28.6 Å². The van der Waals surface area contributed by atoms with Crippen molar-refractivity contribution >= 4 is 16.7 Å². The maximum absolute atomic E-state index is 12.0. The highest BCUT2D eigenvalue weighted by molar-refractivity contribution is 6.08. The van der Waals surface area contributed by atoms with E-state index in [0.29, 0.717) is 12.3 Å². The van der Waals surface area contributed by atoms with Crippen molar-refractivity contribution in [3.63, 3.8) is 0 Å². The van der Waals surface area contributed by atoms with Crippen LogP contribution in [0.15, 0.2) is 24.3 Å². The number of nitrogens with zero attached hydrogens (tertiary/aromatic N) is 2. The summed E-state index contributed by atoms with van der Waals surface area (Å²) in [5.74, 6) is 0.593. The lowest BCUT2D eigenvalue weighted by atomic mass is 9.86. The quantitative estimate of drug-likeness (QED) is 0.673. The van der Waals surface area contributed by atoms with Crippen LogP contribution in [0.1, 0.15) is 29.4 Å². The van der Waals surface area contributed by atoms with E-state index in [-0.39, 0.29) is 5.78 Å². The van der Waals surface area contributed by atoms with Crippen molar-refractivity contribution in [1.82, 2.24) is 10.2 Å². The number of fused-ring (bicyclic) bond motifs is 3. The molecule has 0 bridgehead atoms. The molecule has 0 aliphatic heterocycles. The highest BCUT2D eigenvalue weighted by atomic mass is 16.1. The van der Waals surface area contributed by atoms with Crippen LogP contribution in [-0.2, 0) is 6.42 Å². The first-order valence-corrected chi connectivity index (χ1v) is 5.53. The summed E-state index contributed by atoms with van der Waals surface area (Å²) < 4.78 is 0. The van der Waals surface area contributed by atoms with Gasteiger partial charge >= 0.3 is 0 Å². The Balaban J connectivity index is 2.33. The van der Waals surface area contributed by atoms with E-state index in [1.807, 2.05) is 24.3 Å². The van der Waals surface area contributed by atoms with Crippen molar-refractivity contribution in [1.29, 1.82) is 0 Å². The van der Waals surface area contributed by atoms with Gasteiger partial charge in [0, 0.05) is 11.8 Å². The van der Waals surface area contributed by atoms with E-state index >= 15 is 0 Å². The largest absolute Gasteiger partial charge is 0.294 e. The minimum atomic E-state index is 0.208. The van der Waals surface area contributed by atoms with E-state index in [1.54, 1.807) is 0 Å². The lowest BCUT2D eigenvalue weighted by molar-refractivity contribution is 0.0953. The molecule has 16 heavy (non-hydrogen) atoms. The molecule has 1 atom stereocenters. The van der Waals surface area contributed by atoms with Gasteiger partial charge in [-0.05, 0) is 18.4 Å². The van der Waals surface area contributed by atoms with Gasteiger partial charge < -0.3 is 0 Å². The van der Waals surface area contributed by atoms with Crippen molar-refractivity contribution in [2.24, 2.45) is 5.92 Å². The molecule has 0 radical (unpaired) electrons. The fraction of sp³-hybridized carbons (Fsp3) is 0.308. The van der Waals surface area contributed by atoms with Gasteiger partial charge in [-0.3, -0.25) is 4.79 Å². The van der Waals surface area contributed by atoms with E-state index in [1.165, 1.54) is 0 Å². The van der Waals surface area contributed by atoms with E-state index in [2.05, 4.69) is 17.1 Å². The van der Waals surface area contributed by atoms with Crippen LogP contribution in [0, 0.1) is 5.92 Å². The number of rotatable bonds is 0. The fourth-order valence-corrected chi connectivity index (χ4v) is 2.37. The molecule has 1 heterocycles. The van der Waals surface area contributed by atoms with Crippen molar-refractivity contribution in [3.05, 3.63) is 35.5 Å². The monoisotopic (exact) mass is 212 g/mol. The number of aromatic nitrogens is 2. The molecular weight excluding hydrogens is 200 g/mol. The van der Waals surface area contributed by atoms with Gasteiger partial charge in [-0.1, -0.05) is 25.1 Å². The molecule has 1 aromatic heterocycles. The van der Waals surface area contributed by atoms with Gasteiger partial charge in [0.1, 0.15) is 0 Å². The molecule has 2 aromatic rings. The van der Waals surface area contributed by atoms with Crippen LogP contribution >= 0.6 is 0 Å². The highest BCUT2D eigenvalue weighted by Crippen LogP contribution is 2.28. The molecule has 3 rings (SSSR count). The third-order valence-corrected chi connectivity index (χ3v) is 3.09. The normalized spacial score (nSPS) is 19.8. The van der Waals surface area contributed by atoms with Gasteiger partial charge in [-0.25, -0.2) is 0 Å². The van der Waals surface area contributed by atoms with Crippen molar-refractivity contribution in [2.45, 2.75) is 19.8 Å². The molecule has 1 unspecified atom stereocenters. The predicted octanol–water partition coefficient (Wildman–Crippen LogP) is 2.39. The Morgan fingerprint density at radius 1 is 1.19 bits per heavy atom. The minimum absolute atomic E-state index is 0.208. The Kier molecular flexibility index (Phi) is 1.99. The molecule has 0 amide bonds. The van der Waals surface area contributed by atoms with Crippen molar-refractivity contribution in [2.75, 3.05) is 0 Å². The van der Waals surface area contributed by atoms with Gasteiger partial charge in [-0.15, -0.1) is 0 Å². The summed E-state index contributed by atoms with van der Waals surface area (Å²) in [6.07, 6.45) is 1.49. The van der Waals surface area contributed by atoms with Gasteiger partial charge in [-0.2, -0.15) is 10.2 Å². The molecule has 3 heteroatoms. The fourth-order valence-electron chi connectivity index (χ4n) is 2.37. The SMILES string of the molecule is CC1CC(=O)c2c(nnc3ccccc23)C1. The first-order chi connectivity index (χ1) is 7.75. The average Bonchev–Trinajstić information content (AvgIpc) is 2.28. The van der Waals surface area contributed by atoms with Crippen molar-refractivity contribution < 1.29 is 4.79 Å². The molecular formula is C13H12N2O. The molecule has 80 valence electrons. The Morgan fingerprint density at radius 2 is 2.00 bits per heavy atom. The second-order valence-corrected chi connectivity index (χ2v) is 4.48. The third kappa shape index (κ3) is 1.32. The number of carbonyl (C=O) groups is 1. The number of hydrogen-bond acceptors (Lipinski definition) is 3. The van der Waals surface area contributed by atoms with Gasteiger partial charge in [0.05, 0.1) is 16.8 Å². The number of Topliss-reactive ketones (excluding diaryl/α,β-unsaturated/α-hetero) is 1. The minimum Gasteiger partial charge on any atom is -0.294 e. The molecule has 1 aliphatic rings. The summed E-state index contributed by atoms with van der Waals surface area (Å²) in [5, 5.41) is 9.29. The zero-order valence-corrected chi connectivity index (χ0v) is 9.10. The summed E-state index contributed by atoms with van der Waals surface area (Å²) in [4.78, 5) is 12.0. The zero-order valence-electron chi connectivity index (χ0n) is 9.10. The predicted molar refractivity (Wildman–Crippen MR) is 61.4 cm³/mol. The standard InChI is InChI=1S/C13H12N2O/c1-8-6-11-13(12(16)7-8)9-4-2-3-5-10(9)14-15-11/h2-5,8H,6-7H2,1H3. The number of hydrogen-bond donors (Lipinski definition) is 0. The molecule has 1 aromatic carbocycles. The molecule has 0 saturated carbocycles. The second kappa shape index (κ2) is 3.37. The summed E-state index contributed by atoms with van der Waals surface area (Å²) in [5.41, 5.74) is 2.47. The summed E-state index contributed by atoms with van der Waals surface area (Å²) in [6, 6.07) is 7.71. The van der Waals surface area contributed by atoms with Crippen molar-refractivity contribution in [3.8, 4) is 0 Å². The van der Waals surface area contributed by atoms with Gasteiger partial charge in [0.25, 0.3) is 0 Å². The van der Waals surface area contributed by atoms with Crippen LogP contribution in [0.5, 0.6) is 0 Å². The Bertz CT molecular complexity index is 577. The molecule has 0 N–H and O–H groups in total. The molecule has 0 saturated heterocycles. The van der Waals surface area contributed by atoms with Crippen LogP contribution in [0.2, 0.25) is 0 Å². The number of ketones is 1. The molecule has 0 spiro atoms. The molecule has 3 nitrogen and oxygen atoms in total. The van der Waals surface area contributed by atoms with Crippen LogP contribution in [0.3, 0.4) is 0 Å². The first kappa shape index (κ1) is 9.46. The smallest absolute Gasteiger partial charge is 0.165 e. The summed E-state index contributed by atoms with van der Waals surface area (Å²) in [7, 11) is 0. The molecule has 1 aliphatic carbocycles. The van der Waals surface area contributed by atoms with Gasteiger partial charge in [0.15, 0.2) is 5.78 Å². The van der Waals surface area contributed by atoms with E-state index in [4.69, 9.17) is 0 Å². The Morgan fingerprint density at radius 3 is 2.88 bits per heavy atom. The Labute approximate surface area is 93.5 Å². The zero-order chi connectivity index (χ0) is 11.1. The third-order valence-electron chi connectivity index (χ3n) is 3.09. The van der Waals surface area contributed by atoms with Crippen LogP contribution in [0.25, 0.3) is 10.9 Å². The van der Waals surface area contributed by atoms with Crippen LogP contribution in [0.4, 0.5) is 0 Å². The van der Waals surface area contributed by atoms with Gasteiger partial charge in [0.2, 0.25) is 0 Å².